The van der Waals surface area contributed by atoms with Crippen molar-refractivity contribution in [2.75, 3.05) is 19.6 Å². The Labute approximate surface area is 80.0 Å². The van der Waals surface area contributed by atoms with E-state index in [1.165, 1.54) is 38.9 Å². The maximum Gasteiger partial charge on any atom is 0.0238 e. The van der Waals surface area contributed by atoms with Gasteiger partial charge in [0, 0.05) is 25.2 Å². The Kier molecular flexibility index (Phi) is 1.91. The Hall–Kier alpha value is -0.340. The molecule has 3 rings (SSSR count). The summed E-state index contributed by atoms with van der Waals surface area (Å²) in [7, 11) is 0. The quantitative estimate of drug-likeness (QED) is 0.635. The number of piperidine rings is 1. The molecular formula is C11H18N2. The second-order valence-electron chi connectivity index (χ2n) is 4.72. The van der Waals surface area contributed by atoms with Gasteiger partial charge in [0.15, 0.2) is 0 Å². The minimum absolute atomic E-state index is 0.755. The third kappa shape index (κ3) is 1.42. The lowest BCUT2D eigenvalue weighted by atomic mass is 9.99. The Bertz CT molecular complexity index is 216. The normalized spacial score (nSPS) is 43.5. The van der Waals surface area contributed by atoms with Crippen LogP contribution >= 0.6 is 0 Å². The molecule has 0 radical (unpaired) electrons. The van der Waals surface area contributed by atoms with Crippen LogP contribution in [0.25, 0.3) is 0 Å². The summed E-state index contributed by atoms with van der Waals surface area (Å²) >= 11 is 0. The molecule has 2 bridgehead atoms. The molecule has 1 N–H and O–H groups in total. The van der Waals surface area contributed by atoms with Gasteiger partial charge in [-0.1, -0.05) is 12.2 Å². The van der Waals surface area contributed by atoms with Gasteiger partial charge in [0.05, 0.1) is 0 Å². The minimum Gasteiger partial charge on any atom is -0.309 e. The van der Waals surface area contributed by atoms with Gasteiger partial charge in [-0.3, -0.25) is 0 Å². The predicted molar refractivity (Wildman–Crippen MR) is 53.6 cm³/mol. The number of hydrogen-bond acceptors (Lipinski definition) is 2. The molecule has 0 amide bonds. The molecule has 2 heterocycles. The van der Waals surface area contributed by atoms with Crippen molar-refractivity contribution in [3.8, 4) is 0 Å². The van der Waals surface area contributed by atoms with E-state index in [0.29, 0.717) is 0 Å². The third-order valence-electron chi connectivity index (χ3n) is 3.79. The van der Waals surface area contributed by atoms with Gasteiger partial charge in [-0.15, -0.1) is 0 Å². The molecule has 72 valence electrons. The summed E-state index contributed by atoms with van der Waals surface area (Å²) in [5.74, 6) is 0.959. The Balaban J connectivity index is 1.56. The first kappa shape index (κ1) is 8.01. The molecule has 0 spiro atoms. The van der Waals surface area contributed by atoms with Gasteiger partial charge in [-0.25, -0.2) is 0 Å². The molecule has 3 unspecified atom stereocenters. The molecule has 0 aromatic carbocycles. The molecule has 13 heavy (non-hydrogen) atoms. The average Bonchev–Trinajstić information content (AvgIpc) is 2.77. The zero-order valence-corrected chi connectivity index (χ0v) is 8.08. The van der Waals surface area contributed by atoms with E-state index in [2.05, 4.69) is 22.4 Å². The highest BCUT2D eigenvalue weighted by atomic mass is 15.2. The van der Waals surface area contributed by atoms with E-state index in [4.69, 9.17) is 0 Å². The molecular weight excluding hydrogens is 160 g/mol. The van der Waals surface area contributed by atoms with Crippen LogP contribution in [0.2, 0.25) is 0 Å². The van der Waals surface area contributed by atoms with Crippen LogP contribution < -0.4 is 5.32 Å². The molecule has 0 aromatic rings. The van der Waals surface area contributed by atoms with Gasteiger partial charge in [-0.2, -0.15) is 0 Å². The summed E-state index contributed by atoms with van der Waals surface area (Å²) < 4.78 is 0. The van der Waals surface area contributed by atoms with Gasteiger partial charge >= 0.3 is 0 Å². The van der Waals surface area contributed by atoms with Crippen molar-refractivity contribution < 1.29 is 0 Å². The van der Waals surface area contributed by atoms with Gasteiger partial charge in [0.1, 0.15) is 0 Å². The van der Waals surface area contributed by atoms with E-state index in [1.807, 2.05) is 0 Å². The molecule has 2 nitrogen and oxygen atoms in total. The lowest BCUT2D eigenvalue weighted by Crippen LogP contribution is -2.44. The van der Waals surface area contributed by atoms with E-state index < -0.39 is 0 Å². The van der Waals surface area contributed by atoms with Crippen molar-refractivity contribution in [3.63, 3.8) is 0 Å². The molecule has 3 aliphatic rings. The summed E-state index contributed by atoms with van der Waals surface area (Å²) in [5, 5.41) is 3.81. The fourth-order valence-electron chi connectivity index (χ4n) is 3.03. The summed E-state index contributed by atoms with van der Waals surface area (Å²) in [6, 6.07) is 1.56. The van der Waals surface area contributed by atoms with Crippen molar-refractivity contribution in [1.82, 2.24) is 10.2 Å². The van der Waals surface area contributed by atoms with Crippen molar-refractivity contribution >= 4 is 0 Å². The van der Waals surface area contributed by atoms with Crippen LogP contribution in [0.15, 0.2) is 12.2 Å². The van der Waals surface area contributed by atoms with Crippen molar-refractivity contribution in [2.24, 2.45) is 5.92 Å². The highest BCUT2D eigenvalue weighted by Gasteiger charge is 2.38. The van der Waals surface area contributed by atoms with Crippen LogP contribution in [-0.4, -0.2) is 36.6 Å². The maximum atomic E-state index is 3.81. The molecule has 2 aliphatic heterocycles. The SMILES string of the molecule is C1=CCC(NC2CN3CCC2C3)C1. The van der Waals surface area contributed by atoms with Crippen LogP contribution in [0.5, 0.6) is 0 Å². The van der Waals surface area contributed by atoms with Crippen molar-refractivity contribution in [2.45, 2.75) is 31.3 Å². The average molecular weight is 178 g/mol. The van der Waals surface area contributed by atoms with Gasteiger partial charge in [0.25, 0.3) is 0 Å². The zero-order chi connectivity index (χ0) is 8.67. The lowest BCUT2D eigenvalue weighted by molar-refractivity contribution is 0.298. The predicted octanol–water partition coefficient (Wildman–Crippen LogP) is 0.999. The smallest absolute Gasteiger partial charge is 0.0238 e. The molecule has 0 saturated carbocycles. The van der Waals surface area contributed by atoms with Crippen LogP contribution in [0.4, 0.5) is 0 Å². The van der Waals surface area contributed by atoms with Gasteiger partial charge in [0.2, 0.25) is 0 Å². The summed E-state index contributed by atoms with van der Waals surface area (Å²) in [6.45, 7) is 4.02. The first-order chi connectivity index (χ1) is 6.42. The van der Waals surface area contributed by atoms with Crippen LogP contribution in [0, 0.1) is 5.92 Å². The summed E-state index contributed by atoms with van der Waals surface area (Å²) in [5.41, 5.74) is 0. The fraction of sp³-hybridized carbons (Fsp3) is 0.818. The topological polar surface area (TPSA) is 15.3 Å². The molecule has 1 aliphatic carbocycles. The highest BCUT2D eigenvalue weighted by molar-refractivity contribution is 5.02. The number of nitrogens with one attached hydrogen (secondary N) is 1. The van der Waals surface area contributed by atoms with Gasteiger partial charge in [-0.05, 0) is 31.7 Å². The Morgan fingerprint density at radius 3 is 2.62 bits per heavy atom. The highest BCUT2D eigenvalue weighted by Crippen LogP contribution is 2.28. The summed E-state index contributed by atoms with van der Waals surface area (Å²) in [4.78, 5) is 2.60. The number of rotatable bonds is 2. The Morgan fingerprint density at radius 2 is 2.00 bits per heavy atom. The standard InChI is InChI=1S/C11H18N2/c1-2-4-10(3-1)12-11-8-13-6-5-9(11)7-13/h1-2,9-12H,3-8H2. The second kappa shape index (κ2) is 3.10. The zero-order valence-electron chi connectivity index (χ0n) is 8.08. The van der Waals surface area contributed by atoms with E-state index in [1.54, 1.807) is 0 Å². The maximum absolute atomic E-state index is 3.81. The van der Waals surface area contributed by atoms with E-state index in [-0.39, 0.29) is 0 Å². The molecule has 3 atom stereocenters. The Morgan fingerprint density at radius 1 is 1.15 bits per heavy atom. The molecule has 0 aromatic heterocycles. The van der Waals surface area contributed by atoms with Crippen molar-refractivity contribution in [1.29, 1.82) is 0 Å². The monoisotopic (exact) mass is 178 g/mol. The molecule has 2 heteroatoms. The first-order valence-corrected chi connectivity index (χ1v) is 5.55. The lowest BCUT2D eigenvalue weighted by Gasteiger charge is -2.26. The number of fused-ring (bicyclic) bond motifs is 2. The fourth-order valence-corrected chi connectivity index (χ4v) is 3.03. The second-order valence-corrected chi connectivity index (χ2v) is 4.72. The van der Waals surface area contributed by atoms with E-state index in [0.717, 1.165) is 18.0 Å². The van der Waals surface area contributed by atoms with E-state index in [9.17, 15) is 0 Å². The van der Waals surface area contributed by atoms with Crippen LogP contribution in [0.3, 0.4) is 0 Å². The number of hydrogen-bond donors (Lipinski definition) is 1. The summed E-state index contributed by atoms with van der Waals surface area (Å²) in [6.07, 6.45) is 8.56. The van der Waals surface area contributed by atoms with Crippen LogP contribution in [-0.2, 0) is 0 Å². The van der Waals surface area contributed by atoms with Crippen molar-refractivity contribution in [3.05, 3.63) is 12.2 Å². The van der Waals surface area contributed by atoms with Gasteiger partial charge < -0.3 is 10.2 Å². The molecule has 2 saturated heterocycles. The largest absolute Gasteiger partial charge is 0.309 e. The first-order valence-electron chi connectivity index (χ1n) is 5.55. The minimum atomic E-state index is 0.755. The number of nitrogens with zero attached hydrogens (tertiary/aromatic N) is 1. The third-order valence-corrected chi connectivity index (χ3v) is 3.79. The van der Waals surface area contributed by atoms with E-state index >= 15 is 0 Å². The molecule has 2 fully saturated rings. The van der Waals surface area contributed by atoms with Crippen LogP contribution in [0.1, 0.15) is 19.3 Å².